The molecule has 194 valence electrons. The molecule has 4 atom stereocenters. The summed E-state index contributed by atoms with van der Waals surface area (Å²) in [5.74, 6) is 1.06. The molecule has 0 spiro atoms. The van der Waals surface area contributed by atoms with Crippen LogP contribution in [0, 0.1) is 24.2 Å². The third-order valence-electron chi connectivity index (χ3n) is 7.74. The number of rotatable bonds is 3. The van der Waals surface area contributed by atoms with Crippen LogP contribution >= 0.6 is 0 Å². The SMILES string of the molecule is C=CC.CC1=C2CCC(=O)C=C2CCC1C1CC[C@H](O)[C@@]1(C)CO.Cc1ccc(S(C)(=O)=O)cc1. The predicted octanol–water partition coefficient (Wildman–Crippen LogP) is 5.36. The molecular formula is C29H42O5S. The number of sulfone groups is 1. The van der Waals surface area contributed by atoms with Crippen LogP contribution in [0.2, 0.25) is 0 Å². The number of fused-ring (bicyclic) bond motifs is 1. The van der Waals surface area contributed by atoms with E-state index >= 15 is 0 Å². The number of aliphatic hydroxyl groups excluding tert-OH is 2. The second-order valence-electron chi connectivity index (χ2n) is 10.3. The van der Waals surface area contributed by atoms with Gasteiger partial charge in [0, 0.05) is 18.1 Å². The Labute approximate surface area is 211 Å². The van der Waals surface area contributed by atoms with Crippen LogP contribution in [0.25, 0.3) is 0 Å². The van der Waals surface area contributed by atoms with Crippen molar-refractivity contribution in [3.63, 3.8) is 0 Å². The van der Waals surface area contributed by atoms with E-state index in [0.717, 1.165) is 37.7 Å². The molecule has 0 amide bonds. The standard InChI is InChI=1S/C18H26O3.C8H10O2S.C3H6/c1-11-14-6-4-13(20)9-12(14)3-5-15(11)16-7-8-17(21)18(16,2)10-19;1-7-3-5-8(6-4-7)11(2,9)10;1-3-2/h9,15-17,19,21H,3-8,10H2,1-2H3;3-6H,1-2H3;3H,1H2,2H3/t15?,16?,17-,18-;;/m0../s1. The number of hydrogen-bond donors (Lipinski definition) is 2. The summed E-state index contributed by atoms with van der Waals surface area (Å²) in [5, 5.41) is 20.1. The quantitative estimate of drug-likeness (QED) is 0.543. The number of aryl methyl sites for hydroxylation is 1. The van der Waals surface area contributed by atoms with E-state index in [0.29, 0.717) is 23.2 Å². The van der Waals surface area contributed by atoms with Crippen molar-refractivity contribution in [3.8, 4) is 0 Å². The Morgan fingerprint density at radius 2 is 1.69 bits per heavy atom. The minimum atomic E-state index is -3.02. The van der Waals surface area contributed by atoms with Crippen LogP contribution in [0.4, 0.5) is 0 Å². The van der Waals surface area contributed by atoms with Gasteiger partial charge < -0.3 is 10.2 Å². The van der Waals surface area contributed by atoms with Gasteiger partial charge in [-0.2, -0.15) is 0 Å². The lowest BCUT2D eigenvalue weighted by atomic mass is 9.64. The normalized spacial score (nSPS) is 28.1. The molecule has 1 aromatic rings. The van der Waals surface area contributed by atoms with Gasteiger partial charge in [-0.25, -0.2) is 8.42 Å². The molecule has 1 fully saturated rings. The zero-order valence-corrected chi connectivity index (χ0v) is 22.7. The van der Waals surface area contributed by atoms with Gasteiger partial charge in [-0.3, -0.25) is 4.79 Å². The summed E-state index contributed by atoms with van der Waals surface area (Å²) in [5.41, 5.74) is 4.71. The predicted molar refractivity (Wildman–Crippen MR) is 142 cm³/mol. The molecule has 0 aromatic heterocycles. The smallest absolute Gasteiger partial charge is 0.175 e. The highest BCUT2D eigenvalue weighted by Gasteiger charge is 2.49. The second-order valence-corrected chi connectivity index (χ2v) is 12.3. The molecule has 1 aromatic carbocycles. The minimum absolute atomic E-state index is 0.0547. The average molecular weight is 503 g/mol. The van der Waals surface area contributed by atoms with Crippen molar-refractivity contribution in [2.24, 2.45) is 17.3 Å². The van der Waals surface area contributed by atoms with Crippen LogP contribution in [0.3, 0.4) is 0 Å². The number of carbonyl (C=O) groups excluding carboxylic acids is 1. The van der Waals surface area contributed by atoms with Gasteiger partial charge in [0.15, 0.2) is 15.6 Å². The molecular weight excluding hydrogens is 460 g/mol. The summed E-state index contributed by atoms with van der Waals surface area (Å²) in [4.78, 5) is 12.0. The van der Waals surface area contributed by atoms with Gasteiger partial charge in [0.05, 0.1) is 17.6 Å². The fraction of sp³-hybridized carbons (Fsp3) is 0.552. The van der Waals surface area contributed by atoms with Gasteiger partial charge in [0.1, 0.15) is 0 Å². The highest BCUT2D eigenvalue weighted by molar-refractivity contribution is 7.90. The third-order valence-corrected chi connectivity index (χ3v) is 8.86. The monoisotopic (exact) mass is 502 g/mol. The van der Waals surface area contributed by atoms with Crippen LogP contribution in [-0.4, -0.2) is 43.4 Å². The van der Waals surface area contributed by atoms with E-state index in [2.05, 4.69) is 13.5 Å². The van der Waals surface area contributed by atoms with Gasteiger partial charge in [-0.15, -0.1) is 6.58 Å². The van der Waals surface area contributed by atoms with E-state index in [9.17, 15) is 23.4 Å². The maximum Gasteiger partial charge on any atom is 0.175 e. The van der Waals surface area contributed by atoms with Gasteiger partial charge in [0.25, 0.3) is 0 Å². The number of ketones is 1. The topological polar surface area (TPSA) is 91.7 Å². The molecule has 6 heteroatoms. The Morgan fingerprint density at radius 3 is 2.23 bits per heavy atom. The summed E-state index contributed by atoms with van der Waals surface area (Å²) < 4.78 is 21.9. The second kappa shape index (κ2) is 12.3. The fourth-order valence-electron chi connectivity index (χ4n) is 5.60. The molecule has 2 unspecified atom stereocenters. The first kappa shape index (κ1) is 29.2. The van der Waals surface area contributed by atoms with Gasteiger partial charge in [0.2, 0.25) is 0 Å². The molecule has 3 aliphatic carbocycles. The summed E-state index contributed by atoms with van der Waals surface area (Å²) in [6, 6.07) is 6.81. The Hall–Kier alpha value is -2.02. The molecule has 2 N–H and O–H groups in total. The zero-order chi connectivity index (χ0) is 26.4. The number of allylic oxidation sites excluding steroid dienone is 5. The first-order valence-corrected chi connectivity index (χ1v) is 14.3. The highest BCUT2D eigenvalue weighted by Crippen LogP contribution is 2.53. The maximum atomic E-state index is 11.6. The molecule has 35 heavy (non-hydrogen) atoms. The van der Waals surface area contributed by atoms with E-state index < -0.39 is 15.9 Å². The molecule has 3 aliphatic rings. The number of aliphatic hydroxyl groups is 2. The molecule has 0 bridgehead atoms. The minimum Gasteiger partial charge on any atom is -0.396 e. The first-order chi connectivity index (χ1) is 16.4. The van der Waals surface area contributed by atoms with Crippen molar-refractivity contribution in [1.82, 2.24) is 0 Å². The third kappa shape index (κ3) is 7.02. The van der Waals surface area contributed by atoms with Crippen molar-refractivity contribution in [2.45, 2.75) is 77.2 Å². The molecule has 1 saturated carbocycles. The molecule has 0 radical (unpaired) electrons. The average Bonchev–Trinajstić information content (AvgIpc) is 3.09. The van der Waals surface area contributed by atoms with Crippen LogP contribution in [0.5, 0.6) is 0 Å². The van der Waals surface area contributed by atoms with Crippen LogP contribution < -0.4 is 0 Å². The zero-order valence-electron chi connectivity index (χ0n) is 21.9. The number of hydrogen-bond acceptors (Lipinski definition) is 5. The van der Waals surface area contributed by atoms with E-state index in [1.807, 2.05) is 26.8 Å². The first-order valence-electron chi connectivity index (χ1n) is 12.4. The van der Waals surface area contributed by atoms with Gasteiger partial charge >= 0.3 is 0 Å². The van der Waals surface area contributed by atoms with Gasteiger partial charge in [-0.05, 0) is 94.1 Å². The molecule has 0 saturated heterocycles. The summed E-state index contributed by atoms with van der Waals surface area (Å²) in [7, 11) is -3.02. The number of benzene rings is 1. The van der Waals surface area contributed by atoms with Crippen molar-refractivity contribution >= 4 is 15.6 Å². The van der Waals surface area contributed by atoms with Crippen molar-refractivity contribution in [2.75, 3.05) is 12.9 Å². The van der Waals surface area contributed by atoms with E-state index in [4.69, 9.17) is 0 Å². The largest absolute Gasteiger partial charge is 0.396 e. The van der Waals surface area contributed by atoms with E-state index in [1.165, 1.54) is 23.0 Å². The Morgan fingerprint density at radius 1 is 1.09 bits per heavy atom. The van der Waals surface area contributed by atoms with Crippen LogP contribution in [0.1, 0.15) is 64.9 Å². The Kier molecular flexibility index (Phi) is 10.3. The Bertz CT molecular complexity index is 1060. The summed E-state index contributed by atoms with van der Waals surface area (Å²) in [6.45, 7) is 11.5. The Balaban J connectivity index is 0.000000260. The van der Waals surface area contributed by atoms with Gasteiger partial charge in [-0.1, -0.05) is 36.3 Å². The number of carbonyl (C=O) groups is 1. The van der Waals surface area contributed by atoms with Crippen molar-refractivity contribution in [1.29, 1.82) is 0 Å². The highest BCUT2D eigenvalue weighted by atomic mass is 32.2. The van der Waals surface area contributed by atoms with E-state index in [-0.39, 0.29) is 17.8 Å². The molecule has 4 rings (SSSR count). The maximum absolute atomic E-state index is 11.6. The van der Waals surface area contributed by atoms with Crippen LogP contribution in [0.15, 0.2) is 64.6 Å². The molecule has 0 aliphatic heterocycles. The fourth-order valence-corrected chi connectivity index (χ4v) is 6.23. The summed E-state index contributed by atoms with van der Waals surface area (Å²) >= 11 is 0. The van der Waals surface area contributed by atoms with Crippen LogP contribution in [-0.2, 0) is 14.6 Å². The van der Waals surface area contributed by atoms with Crippen molar-refractivity contribution < 1.29 is 23.4 Å². The summed E-state index contributed by atoms with van der Waals surface area (Å²) in [6.07, 6.45) is 9.71. The lowest BCUT2D eigenvalue weighted by Gasteiger charge is -2.41. The van der Waals surface area contributed by atoms with Crippen molar-refractivity contribution in [3.05, 3.63) is 65.3 Å². The lowest BCUT2D eigenvalue weighted by molar-refractivity contribution is -0.114. The molecule has 5 nitrogen and oxygen atoms in total. The van der Waals surface area contributed by atoms with E-state index in [1.54, 1.807) is 30.3 Å². The lowest BCUT2D eigenvalue weighted by Crippen LogP contribution is -2.40. The molecule has 0 heterocycles.